The van der Waals surface area contributed by atoms with E-state index in [0.717, 1.165) is 5.56 Å². The third-order valence-corrected chi connectivity index (χ3v) is 4.76. The molecule has 0 saturated heterocycles. The van der Waals surface area contributed by atoms with E-state index in [4.69, 9.17) is 4.74 Å². The summed E-state index contributed by atoms with van der Waals surface area (Å²) in [6.45, 7) is 5.52. The number of hydrogen-bond acceptors (Lipinski definition) is 4. The molecular formula is C23H26N4O4. The third-order valence-electron chi connectivity index (χ3n) is 4.76. The lowest BCUT2D eigenvalue weighted by Crippen LogP contribution is -2.45. The van der Waals surface area contributed by atoms with E-state index in [2.05, 4.69) is 10.4 Å². The molecule has 0 bridgehead atoms. The molecule has 2 amide bonds. The van der Waals surface area contributed by atoms with Crippen LogP contribution in [0.3, 0.4) is 0 Å². The van der Waals surface area contributed by atoms with E-state index >= 15 is 0 Å². The number of carbonyl (C=O) groups excluding carboxylic acids is 1. The number of rotatable bonds is 5. The van der Waals surface area contributed by atoms with Crippen molar-refractivity contribution in [2.75, 3.05) is 17.3 Å². The predicted octanol–water partition coefficient (Wildman–Crippen LogP) is 4.63. The van der Waals surface area contributed by atoms with Gasteiger partial charge >= 0.3 is 6.09 Å². The number of anilines is 2. The molecule has 8 nitrogen and oxygen atoms in total. The number of nitrogens with one attached hydrogen (secondary N) is 1. The SMILES string of the molecule is COc1ccc(C(=O)Nc2cc(-c3ccc(N(C(=O)O)C(C)(C)C)cc3)nn2C)cc1. The number of amides is 2. The summed E-state index contributed by atoms with van der Waals surface area (Å²) in [4.78, 5) is 25.5. The summed E-state index contributed by atoms with van der Waals surface area (Å²) in [6, 6.07) is 15.7. The Bertz CT molecular complexity index is 1080. The van der Waals surface area contributed by atoms with E-state index < -0.39 is 11.6 Å². The van der Waals surface area contributed by atoms with Crippen LogP contribution in [0.1, 0.15) is 31.1 Å². The number of aromatic nitrogens is 2. The number of methoxy groups -OCH3 is 1. The summed E-state index contributed by atoms with van der Waals surface area (Å²) in [5.41, 5.74) is 1.98. The quantitative estimate of drug-likeness (QED) is 0.625. The summed E-state index contributed by atoms with van der Waals surface area (Å²) >= 11 is 0. The van der Waals surface area contributed by atoms with E-state index in [-0.39, 0.29) is 5.91 Å². The lowest BCUT2D eigenvalue weighted by atomic mass is 10.0. The molecule has 0 aliphatic carbocycles. The van der Waals surface area contributed by atoms with Gasteiger partial charge in [-0.2, -0.15) is 5.10 Å². The minimum absolute atomic E-state index is 0.255. The monoisotopic (exact) mass is 422 g/mol. The van der Waals surface area contributed by atoms with Crippen molar-refractivity contribution in [3.8, 4) is 17.0 Å². The number of ether oxygens (including phenoxy) is 1. The van der Waals surface area contributed by atoms with Crippen LogP contribution < -0.4 is 15.0 Å². The molecule has 0 unspecified atom stereocenters. The Labute approximate surface area is 181 Å². The maximum atomic E-state index is 12.5. The first-order chi connectivity index (χ1) is 14.6. The molecule has 162 valence electrons. The van der Waals surface area contributed by atoms with Crippen molar-refractivity contribution in [3.05, 3.63) is 60.2 Å². The highest BCUT2D eigenvalue weighted by Gasteiger charge is 2.27. The molecule has 0 fully saturated rings. The molecule has 1 aromatic heterocycles. The molecule has 0 aliphatic heterocycles. The molecular weight excluding hydrogens is 396 g/mol. The van der Waals surface area contributed by atoms with Crippen LogP contribution in [0, 0.1) is 0 Å². The topological polar surface area (TPSA) is 96.7 Å². The molecule has 0 spiro atoms. The molecule has 0 saturated carbocycles. The average Bonchev–Trinajstić information content (AvgIpc) is 3.07. The van der Waals surface area contributed by atoms with E-state index in [0.29, 0.717) is 28.5 Å². The lowest BCUT2D eigenvalue weighted by Gasteiger charge is -2.33. The van der Waals surface area contributed by atoms with Crippen LogP contribution in [0.4, 0.5) is 16.3 Å². The van der Waals surface area contributed by atoms with Gasteiger partial charge in [0, 0.05) is 35.5 Å². The highest BCUT2D eigenvalue weighted by Crippen LogP contribution is 2.28. The van der Waals surface area contributed by atoms with E-state index in [1.807, 2.05) is 32.9 Å². The first kappa shape index (κ1) is 21.9. The number of aryl methyl sites for hydroxylation is 1. The van der Waals surface area contributed by atoms with Crippen LogP contribution in [0.25, 0.3) is 11.3 Å². The Balaban J connectivity index is 1.80. The fourth-order valence-corrected chi connectivity index (χ4v) is 3.22. The highest BCUT2D eigenvalue weighted by molar-refractivity contribution is 6.04. The normalized spacial score (nSPS) is 11.1. The zero-order valence-corrected chi connectivity index (χ0v) is 18.2. The summed E-state index contributed by atoms with van der Waals surface area (Å²) in [5, 5.41) is 16.9. The van der Waals surface area contributed by atoms with Crippen molar-refractivity contribution in [3.63, 3.8) is 0 Å². The van der Waals surface area contributed by atoms with Crippen molar-refractivity contribution in [1.29, 1.82) is 0 Å². The van der Waals surface area contributed by atoms with Crippen molar-refractivity contribution in [2.24, 2.45) is 7.05 Å². The third kappa shape index (κ3) is 4.85. The Hall–Kier alpha value is -3.81. The van der Waals surface area contributed by atoms with Gasteiger partial charge in [0.15, 0.2) is 0 Å². The van der Waals surface area contributed by atoms with Gasteiger partial charge in [0.25, 0.3) is 5.91 Å². The van der Waals surface area contributed by atoms with Crippen LogP contribution in [0.15, 0.2) is 54.6 Å². The number of hydrogen-bond donors (Lipinski definition) is 2. The van der Waals surface area contributed by atoms with Gasteiger partial charge in [-0.05, 0) is 57.2 Å². The van der Waals surface area contributed by atoms with Gasteiger partial charge < -0.3 is 15.2 Å². The number of nitrogens with zero attached hydrogens (tertiary/aromatic N) is 3. The molecule has 0 aliphatic rings. The van der Waals surface area contributed by atoms with E-state index in [1.54, 1.807) is 61.3 Å². The average molecular weight is 422 g/mol. The first-order valence-electron chi connectivity index (χ1n) is 9.73. The second kappa shape index (κ2) is 8.51. The smallest absolute Gasteiger partial charge is 0.412 e. The Morgan fingerprint density at radius 1 is 1.06 bits per heavy atom. The minimum atomic E-state index is -1.01. The maximum absolute atomic E-state index is 12.5. The van der Waals surface area contributed by atoms with E-state index in [1.165, 1.54) is 4.90 Å². The molecule has 2 N–H and O–H groups in total. The van der Waals surface area contributed by atoms with Gasteiger partial charge in [-0.1, -0.05) is 12.1 Å². The van der Waals surface area contributed by atoms with Crippen molar-refractivity contribution in [2.45, 2.75) is 26.3 Å². The summed E-state index contributed by atoms with van der Waals surface area (Å²) in [7, 11) is 3.31. The molecule has 1 heterocycles. The molecule has 8 heteroatoms. The van der Waals surface area contributed by atoms with Crippen LogP contribution in [-0.2, 0) is 7.05 Å². The molecule has 3 rings (SSSR count). The minimum Gasteiger partial charge on any atom is -0.497 e. The second-order valence-electron chi connectivity index (χ2n) is 8.06. The summed E-state index contributed by atoms with van der Waals surface area (Å²) < 4.78 is 6.70. The first-order valence-corrected chi connectivity index (χ1v) is 9.73. The largest absolute Gasteiger partial charge is 0.497 e. The van der Waals surface area contributed by atoms with Crippen molar-refractivity contribution in [1.82, 2.24) is 9.78 Å². The van der Waals surface area contributed by atoms with Crippen LogP contribution in [0.5, 0.6) is 5.75 Å². The predicted molar refractivity (Wildman–Crippen MR) is 120 cm³/mol. The van der Waals surface area contributed by atoms with Gasteiger partial charge in [0.2, 0.25) is 0 Å². The molecule has 0 atom stereocenters. The number of carbonyl (C=O) groups is 2. The summed E-state index contributed by atoms with van der Waals surface area (Å²) in [6.07, 6.45) is -1.01. The van der Waals surface area contributed by atoms with Crippen LogP contribution >= 0.6 is 0 Å². The second-order valence-corrected chi connectivity index (χ2v) is 8.06. The van der Waals surface area contributed by atoms with Gasteiger partial charge in [-0.25, -0.2) is 4.79 Å². The molecule has 2 aromatic carbocycles. The van der Waals surface area contributed by atoms with Gasteiger partial charge in [0.1, 0.15) is 11.6 Å². The van der Waals surface area contributed by atoms with Crippen LogP contribution in [-0.4, -0.2) is 39.5 Å². The van der Waals surface area contributed by atoms with Crippen molar-refractivity contribution < 1.29 is 19.4 Å². The standard InChI is InChI=1S/C23H26N4O4/c1-23(2,3)27(22(29)30)17-10-6-15(7-11-17)19-14-20(26(4)25-19)24-21(28)16-8-12-18(31-5)13-9-16/h6-14H,1-5H3,(H,24,28)(H,29,30). The van der Waals surface area contributed by atoms with E-state index in [9.17, 15) is 14.7 Å². The highest BCUT2D eigenvalue weighted by atomic mass is 16.5. The van der Waals surface area contributed by atoms with Crippen molar-refractivity contribution >= 4 is 23.5 Å². The van der Waals surface area contributed by atoms with Gasteiger partial charge in [-0.3, -0.25) is 14.4 Å². The zero-order valence-electron chi connectivity index (χ0n) is 18.2. The van der Waals surface area contributed by atoms with Crippen LogP contribution in [0.2, 0.25) is 0 Å². The molecule has 0 radical (unpaired) electrons. The number of benzene rings is 2. The van der Waals surface area contributed by atoms with Gasteiger partial charge in [0.05, 0.1) is 12.8 Å². The molecule has 31 heavy (non-hydrogen) atoms. The zero-order chi connectivity index (χ0) is 22.8. The Kier molecular flexibility index (Phi) is 6.01. The molecule has 3 aromatic rings. The fraction of sp³-hybridized carbons (Fsp3) is 0.261. The fourth-order valence-electron chi connectivity index (χ4n) is 3.22. The lowest BCUT2D eigenvalue weighted by molar-refractivity contribution is 0.102. The maximum Gasteiger partial charge on any atom is 0.412 e. The summed E-state index contributed by atoms with van der Waals surface area (Å²) in [5.74, 6) is 0.965. The Morgan fingerprint density at radius 2 is 1.68 bits per heavy atom. The van der Waals surface area contributed by atoms with Gasteiger partial charge in [-0.15, -0.1) is 0 Å². The Morgan fingerprint density at radius 3 is 2.19 bits per heavy atom. The number of carboxylic acid groups (broad SMARTS) is 1.